The van der Waals surface area contributed by atoms with E-state index in [1.54, 1.807) is 5.57 Å². The van der Waals surface area contributed by atoms with Crippen molar-refractivity contribution < 1.29 is 0 Å². The molecule has 2 bridgehead atoms. The van der Waals surface area contributed by atoms with Gasteiger partial charge in [0.25, 0.3) is 0 Å². The Morgan fingerprint density at radius 1 is 1.17 bits per heavy atom. The van der Waals surface area contributed by atoms with E-state index in [1.807, 2.05) is 5.20 Å². The standard InChI is InChI=1S/C11H18Si/c1-8-9-5-6-10(7-9)11(8)12(2,3)4/h5-6,9-10H,7H2,1-4H3. The van der Waals surface area contributed by atoms with Crippen LogP contribution in [0.4, 0.5) is 0 Å². The zero-order valence-electron chi connectivity index (χ0n) is 8.52. The largest absolute Gasteiger partial charge is 0.0811 e. The highest BCUT2D eigenvalue weighted by Gasteiger charge is 2.38. The Bertz CT molecular complexity index is 265. The average molecular weight is 178 g/mol. The fourth-order valence-electron chi connectivity index (χ4n) is 2.87. The molecule has 66 valence electrons. The summed E-state index contributed by atoms with van der Waals surface area (Å²) in [6.45, 7) is 9.77. The van der Waals surface area contributed by atoms with Crippen molar-refractivity contribution >= 4 is 8.07 Å². The van der Waals surface area contributed by atoms with E-state index < -0.39 is 8.07 Å². The molecule has 0 aliphatic heterocycles. The van der Waals surface area contributed by atoms with Crippen LogP contribution in [-0.4, -0.2) is 8.07 Å². The minimum atomic E-state index is -1.01. The van der Waals surface area contributed by atoms with Gasteiger partial charge in [0.05, 0.1) is 8.07 Å². The first-order chi connectivity index (χ1) is 5.50. The summed E-state index contributed by atoms with van der Waals surface area (Å²) in [5.74, 6) is 1.65. The van der Waals surface area contributed by atoms with Crippen LogP contribution < -0.4 is 0 Å². The van der Waals surface area contributed by atoms with E-state index in [0.29, 0.717) is 0 Å². The zero-order valence-corrected chi connectivity index (χ0v) is 9.52. The van der Waals surface area contributed by atoms with Gasteiger partial charge in [-0.15, -0.1) is 0 Å². The summed E-state index contributed by atoms with van der Waals surface area (Å²) in [6.07, 6.45) is 6.24. The molecule has 0 aromatic heterocycles. The maximum Gasteiger partial charge on any atom is 0.0731 e. The van der Waals surface area contributed by atoms with Crippen LogP contribution >= 0.6 is 0 Å². The van der Waals surface area contributed by atoms with Crippen molar-refractivity contribution in [3.63, 3.8) is 0 Å². The molecule has 0 amide bonds. The van der Waals surface area contributed by atoms with Gasteiger partial charge >= 0.3 is 0 Å². The second-order valence-electron chi connectivity index (χ2n) is 5.18. The molecule has 2 unspecified atom stereocenters. The minimum Gasteiger partial charge on any atom is -0.0811 e. The van der Waals surface area contributed by atoms with Gasteiger partial charge in [0, 0.05) is 0 Å². The quantitative estimate of drug-likeness (QED) is 0.426. The Kier molecular flexibility index (Phi) is 1.62. The molecule has 12 heavy (non-hydrogen) atoms. The summed E-state index contributed by atoms with van der Waals surface area (Å²) < 4.78 is 0. The monoisotopic (exact) mass is 178 g/mol. The lowest BCUT2D eigenvalue weighted by Crippen LogP contribution is -2.27. The van der Waals surface area contributed by atoms with Crippen LogP contribution in [0, 0.1) is 11.8 Å². The van der Waals surface area contributed by atoms with Crippen molar-refractivity contribution in [3.8, 4) is 0 Å². The van der Waals surface area contributed by atoms with Crippen molar-refractivity contribution in [1.82, 2.24) is 0 Å². The maximum atomic E-state index is 2.47. The first-order valence-corrected chi connectivity index (χ1v) is 8.39. The van der Waals surface area contributed by atoms with Crippen molar-refractivity contribution in [2.45, 2.75) is 33.0 Å². The number of rotatable bonds is 1. The molecule has 2 aliphatic carbocycles. The van der Waals surface area contributed by atoms with Gasteiger partial charge in [0.1, 0.15) is 0 Å². The van der Waals surface area contributed by atoms with Gasteiger partial charge in [-0.05, 0) is 25.2 Å². The summed E-state index contributed by atoms with van der Waals surface area (Å²) >= 11 is 0. The molecule has 0 aromatic carbocycles. The smallest absolute Gasteiger partial charge is 0.0731 e. The van der Waals surface area contributed by atoms with Crippen LogP contribution in [0.15, 0.2) is 22.9 Å². The van der Waals surface area contributed by atoms with Crippen LogP contribution in [0.2, 0.25) is 19.6 Å². The Hall–Kier alpha value is -0.303. The van der Waals surface area contributed by atoms with E-state index in [4.69, 9.17) is 0 Å². The molecule has 2 aliphatic rings. The molecule has 0 aromatic rings. The molecule has 0 heterocycles. The third-order valence-corrected chi connectivity index (χ3v) is 5.62. The fourth-order valence-corrected chi connectivity index (χ4v) is 5.57. The summed E-state index contributed by atoms with van der Waals surface area (Å²) in [7, 11) is -1.01. The first-order valence-electron chi connectivity index (χ1n) is 4.89. The van der Waals surface area contributed by atoms with E-state index in [1.165, 1.54) is 6.42 Å². The molecule has 2 atom stereocenters. The molecule has 0 radical (unpaired) electrons. The SMILES string of the molecule is CC1=C([Si](C)(C)C)C2C=CC1C2. The molecule has 1 heteroatoms. The van der Waals surface area contributed by atoms with Gasteiger partial charge < -0.3 is 0 Å². The lowest BCUT2D eigenvalue weighted by molar-refractivity contribution is 0.709. The lowest BCUT2D eigenvalue weighted by Gasteiger charge is -2.25. The van der Waals surface area contributed by atoms with Gasteiger partial charge in [-0.2, -0.15) is 0 Å². The third kappa shape index (κ3) is 1.03. The summed E-state index contributed by atoms with van der Waals surface area (Å²) in [4.78, 5) is 0. The van der Waals surface area contributed by atoms with Gasteiger partial charge in [0.15, 0.2) is 0 Å². The summed E-state index contributed by atoms with van der Waals surface area (Å²) in [5, 5.41) is 1.84. The molecular formula is C11H18Si. The molecule has 0 N–H and O–H groups in total. The molecule has 0 fully saturated rings. The van der Waals surface area contributed by atoms with E-state index >= 15 is 0 Å². The number of fused-ring (bicyclic) bond motifs is 2. The number of allylic oxidation sites excluding steroid dienone is 4. The highest BCUT2D eigenvalue weighted by molar-refractivity contribution is 6.83. The number of hydrogen-bond donors (Lipinski definition) is 0. The molecule has 0 nitrogen and oxygen atoms in total. The average Bonchev–Trinajstić information content (AvgIpc) is 2.42. The molecular weight excluding hydrogens is 160 g/mol. The van der Waals surface area contributed by atoms with Crippen molar-refractivity contribution in [3.05, 3.63) is 22.9 Å². The van der Waals surface area contributed by atoms with Gasteiger partial charge in [0.2, 0.25) is 0 Å². The van der Waals surface area contributed by atoms with E-state index in [-0.39, 0.29) is 0 Å². The first kappa shape index (κ1) is 8.30. The Morgan fingerprint density at radius 3 is 2.08 bits per heavy atom. The Balaban J connectivity index is 2.39. The molecule has 0 saturated carbocycles. The number of hydrogen-bond acceptors (Lipinski definition) is 0. The molecule has 2 rings (SSSR count). The van der Waals surface area contributed by atoms with Crippen molar-refractivity contribution in [2.24, 2.45) is 11.8 Å². The van der Waals surface area contributed by atoms with Gasteiger partial charge in [-0.3, -0.25) is 0 Å². The van der Waals surface area contributed by atoms with E-state index in [2.05, 4.69) is 38.7 Å². The fraction of sp³-hybridized carbons (Fsp3) is 0.636. The lowest BCUT2D eigenvalue weighted by atomic mass is 10.1. The van der Waals surface area contributed by atoms with Crippen LogP contribution in [0.25, 0.3) is 0 Å². The van der Waals surface area contributed by atoms with Crippen LogP contribution in [0.1, 0.15) is 13.3 Å². The van der Waals surface area contributed by atoms with Crippen molar-refractivity contribution in [1.29, 1.82) is 0 Å². The van der Waals surface area contributed by atoms with E-state index in [9.17, 15) is 0 Å². The van der Waals surface area contributed by atoms with Gasteiger partial charge in [-0.1, -0.05) is 42.6 Å². The van der Waals surface area contributed by atoms with Crippen molar-refractivity contribution in [2.75, 3.05) is 0 Å². The Morgan fingerprint density at radius 2 is 1.75 bits per heavy atom. The van der Waals surface area contributed by atoms with E-state index in [0.717, 1.165) is 11.8 Å². The summed E-state index contributed by atoms with van der Waals surface area (Å²) in [5.41, 5.74) is 1.71. The van der Waals surface area contributed by atoms with Crippen LogP contribution in [-0.2, 0) is 0 Å². The zero-order chi connectivity index (χ0) is 8.93. The molecule has 0 saturated heterocycles. The summed E-state index contributed by atoms with van der Waals surface area (Å²) in [6, 6.07) is 0. The predicted octanol–water partition coefficient (Wildman–Crippen LogP) is 3.39. The topological polar surface area (TPSA) is 0 Å². The normalized spacial score (nSPS) is 33.7. The highest BCUT2D eigenvalue weighted by Crippen LogP contribution is 2.46. The molecule has 0 spiro atoms. The van der Waals surface area contributed by atoms with Crippen LogP contribution in [0.3, 0.4) is 0 Å². The predicted molar refractivity (Wildman–Crippen MR) is 56.8 cm³/mol. The second kappa shape index (κ2) is 2.35. The Labute approximate surface area is 76.4 Å². The minimum absolute atomic E-state index is 0.816. The second-order valence-corrected chi connectivity index (χ2v) is 10.2. The maximum absolute atomic E-state index is 2.47. The van der Waals surface area contributed by atoms with Crippen LogP contribution in [0.5, 0.6) is 0 Å². The highest BCUT2D eigenvalue weighted by atomic mass is 28.3. The van der Waals surface area contributed by atoms with Gasteiger partial charge in [-0.25, -0.2) is 0 Å². The third-order valence-electron chi connectivity index (χ3n) is 3.24.